The number of anilines is 1. The van der Waals surface area contributed by atoms with Crippen molar-refractivity contribution in [3.05, 3.63) is 52.9 Å². The van der Waals surface area contributed by atoms with E-state index in [1.54, 1.807) is 24.3 Å². The van der Waals surface area contributed by atoms with E-state index in [2.05, 4.69) is 15.5 Å². The van der Waals surface area contributed by atoms with Gasteiger partial charge in [-0.25, -0.2) is 0 Å². The van der Waals surface area contributed by atoms with Crippen molar-refractivity contribution < 1.29 is 18.7 Å². The highest BCUT2D eigenvalue weighted by Crippen LogP contribution is 2.21. The van der Waals surface area contributed by atoms with Crippen LogP contribution in [0.4, 0.5) is 5.69 Å². The number of carbonyl (C=O) groups excluding carboxylic acids is 2. The third-order valence-electron chi connectivity index (χ3n) is 4.04. The quantitative estimate of drug-likeness (QED) is 0.806. The summed E-state index contributed by atoms with van der Waals surface area (Å²) < 4.78 is 10.4. The zero-order chi connectivity index (χ0) is 18.4. The highest BCUT2D eigenvalue weighted by Gasteiger charge is 2.17. The van der Waals surface area contributed by atoms with Crippen molar-refractivity contribution in [2.75, 3.05) is 44.7 Å². The lowest BCUT2D eigenvalue weighted by atomic mass is 10.1. The molecule has 0 radical (unpaired) electrons. The lowest BCUT2D eigenvalue weighted by Gasteiger charge is -2.26. The molecule has 1 fully saturated rings. The van der Waals surface area contributed by atoms with E-state index in [-0.39, 0.29) is 11.7 Å². The predicted molar refractivity (Wildman–Crippen MR) is 97.7 cm³/mol. The van der Waals surface area contributed by atoms with Gasteiger partial charge in [0.25, 0.3) is 11.8 Å². The monoisotopic (exact) mass is 377 g/mol. The molecule has 3 rings (SSSR count). The van der Waals surface area contributed by atoms with Crippen LogP contribution >= 0.6 is 11.6 Å². The molecule has 1 aromatic heterocycles. The fourth-order valence-corrected chi connectivity index (χ4v) is 2.82. The number of hydrogen-bond donors (Lipinski definition) is 2. The minimum Gasteiger partial charge on any atom is -0.459 e. The minimum absolute atomic E-state index is 0.165. The molecule has 1 aliphatic rings. The van der Waals surface area contributed by atoms with Gasteiger partial charge < -0.3 is 19.8 Å². The number of morpholine rings is 1. The summed E-state index contributed by atoms with van der Waals surface area (Å²) in [4.78, 5) is 26.9. The van der Waals surface area contributed by atoms with Crippen LogP contribution in [0, 0.1) is 0 Å². The third-order valence-corrected chi connectivity index (χ3v) is 4.27. The summed E-state index contributed by atoms with van der Waals surface area (Å²) in [6.07, 6.45) is 1.41. The van der Waals surface area contributed by atoms with Gasteiger partial charge in [0.1, 0.15) is 0 Å². The minimum atomic E-state index is -0.431. The molecule has 1 aliphatic heterocycles. The number of rotatable bonds is 6. The van der Waals surface area contributed by atoms with Gasteiger partial charge in [0.2, 0.25) is 0 Å². The van der Waals surface area contributed by atoms with Gasteiger partial charge in [0.05, 0.1) is 30.7 Å². The Balaban J connectivity index is 1.62. The second-order valence-electron chi connectivity index (χ2n) is 5.83. The zero-order valence-corrected chi connectivity index (χ0v) is 14.9. The summed E-state index contributed by atoms with van der Waals surface area (Å²) in [6.45, 7) is 4.38. The number of halogens is 1. The van der Waals surface area contributed by atoms with E-state index in [0.29, 0.717) is 36.0 Å². The van der Waals surface area contributed by atoms with Crippen molar-refractivity contribution >= 4 is 29.1 Å². The number of ether oxygens (including phenoxy) is 1. The van der Waals surface area contributed by atoms with Crippen LogP contribution in [0.1, 0.15) is 20.9 Å². The standard InChI is InChI=1S/C18H20ClN3O4/c19-13-3-4-15(21-18(24)16-2-1-9-26-16)14(12-13)17(23)20-5-6-22-7-10-25-11-8-22/h1-4,9,12H,5-8,10-11H2,(H,20,23)(H,21,24). The van der Waals surface area contributed by atoms with Crippen LogP contribution in [0.2, 0.25) is 5.02 Å². The van der Waals surface area contributed by atoms with Crippen LogP contribution in [0.5, 0.6) is 0 Å². The molecule has 2 amide bonds. The van der Waals surface area contributed by atoms with Gasteiger partial charge in [0.15, 0.2) is 5.76 Å². The van der Waals surface area contributed by atoms with Crippen molar-refractivity contribution in [2.24, 2.45) is 0 Å². The molecule has 1 saturated heterocycles. The first-order valence-electron chi connectivity index (χ1n) is 8.36. The van der Waals surface area contributed by atoms with Gasteiger partial charge in [0, 0.05) is 31.2 Å². The molecule has 8 heteroatoms. The number of hydrogen-bond acceptors (Lipinski definition) is 5. The van der Waals surface area contributed by atoms with Crippen LogP contribution in [-0.2, 0) is 4.74 Å². The Kier molecular flexibility index (Phi) is 6.27. The maximum atomic E-state index is 12.5. The molecule has 138 valence electrons. The Labute approximate surface area is 156 Å². The van der Waals surface area contributed by atoms with Crippen molar-refractivity contribution in [3.8, 4) is 0 Å². The number of benzene rings is 1. The summed E-state index contributed by atoms with van der Waals surface area (Å²) in [5.74, 6) is -0.561. The molecule has 2 aromatic rings. The van der Waals surface area contributed by atoms with Crippen LogP contribution in [0.3, 0.4) is 0 Å². The van der Waals surface area contributed by atoms with Gasteiger partial charge in [-0.15, -0.1) is 0 Å². The van der Waals surface area contributed by atoms with E-state index in [4.69, 9.17) is 20.8 Å². The number of amides is 2. The number of furan rings is 1. The van der Waals surface area contributed by atoms with E-state index < -0.39 is 5.91 Å². The van der Waals surface area contributed by atoms with E-state index in [1.165, 1.54) is 12.3 Å². The van der Waals surface area contributed by atoms with Crippen LogP contribution in [-0.4, -0.2) is 56.1 Å². The maximum Gasteiger partial charge on any atom is 0.291 e. The Bertz CT molecular complexity index is 758. The second-order valence-corrected chi connectivity index (χ2v) is 6.27. The molecule has 7 nitrogen and oxygen atoms in total. The first kappa shape index (κ1) is 18.4. The Morgan fingerprint density at radius 2 is 1.96 bits per heavy atom. The first-order chi connectivity index (χ1) is 12.6. The largest absolute Gasteiger partial charge is 0.459 e. The molecular formula is C18H20ClN3O4. The number of carbonyl (C=O) groups is 2. The molecule has 0 aliphatic carbocycles. The summed E-state index contributed by atoms with van der Waals surface area (Å²) in [7, 11) is 0. The van der Waals surface area contributed by atoms with Gasteiger partial charge in [-0.05, 0) is 30.3 Å². The maximum absolute atomic E-state index is 12.5. The van der Waals surface area contributed by atoms with Gasteiger partial charge >= 0.3 is 0 Å². The van der Waals surface area contributed by atoms with Gasteiger partial charge in [-0.2, -0.15) is 0 Å². The zero-order valence-electron chi connectivity index (χ0n) is 14.2. The lowest BCUT2D eigenvalue weighted by Crippen LogP contribution is -2.41. The topological polar surface area (TPSA) is 83.8 Å². The smallest absolute Gasteiger partial charge is 0.291 e. The van der Waals surface area contributed by atoms with E-state index in [0.717, 1.165) is 19.6 Å². The highest BCUT2D eigenvalue weighted by molar-refractivity contribution is 6.31. The first-order valence-corrected chi connectivity index (χ1v) is 8.74. The summed E-state index contributed by atoms with van der Waals surface area (Å²) in [6, 6.07) is 7.91. The van der Waals surface area contributed by atoms with E-state index >= 15 is 0 Å². The SMILES string of the molecule is O=C(Nc1ccc(Cl)cc1C(=O)NCCN1CCOCC1)c1ccco1. The Morgan fingerprint density at radius 1 is 1.15 bits per heavy atom. The predicted octanol–water partition coefficient (Wildman–Crippen LogP) is 2.25. The van der Waals surface area contributed by atoms with Crippen molar-refractivity contribution in [1.29, 1.82) is 0 Å². The van der Waals surface area contributed by atoms with Crippen molar-refractivity contribution in [2.45, 2.75) is 0 Å². The molecule has 2 heterocycles. The van der Waals surface area contributed by atoms with Crippen LogP contribution < -0.4 is 10.6 Å². The third kappa shape index (κ3) is 4.85. The fourth-order valence-electron chi connectivity index (χ4n) is 2.65. The summed E-state index contributed by atoms with van der Waals surface area (Å²) in [5, 5.41) is 5.96. The summed E-state index contributed by atoms with van der Waals surface area (Å²) >= 11 is 6.02. The molecule has 0 bridgehead atoms. The number of nitrogens with one attached hydrogen (secondary N) is 2. The average molecular weight is 378 g/mol. The molecule has 1 aromatic carbocycles. The fraction of sp³-hybridized carbons (Fsp3) is 0.333. The van der Waals surface area contributed by atoms with Crippen LogP contribution in [0.15, 0.2) is 41.0 Å². The molecule has 2 N–H and O–H groups in total. The Morgan fingerprint density at radius 3 is 2.69 bits per heavy atom. The molecule has 0 unspecified atom stereocenters. The molecule has 0 atom stereocenters. The second kappa shape index (κ2) is 8.84. The van der Waals surface area contributed by atoms with Crippen molar-refractivity contribution in [1.82, 2.24) is 10.2 Å². The lowest BCUT2D eigenvalue weighted by molar-refractivity contribution is 0.0383. The normalized spacial score (nSPS) is 14.8. The van der Waals surface area contributed by atoms with Gasteiger partial charge in [-0.1, -0.05) is 11.6 Å². The van der Waals surface area contributed by atoms with Crippen LogP contribution in [0.25, 0.3) is 0 Å². The van der Waals surface area contributed by atoms with E-state index in [9.17, 15) is 9.59 Å². The van der Waals surface area contributed by atoms with Gasteiger partial charge in [-0.3, -0.25) is 14.5 Å². The summed E-state index contributed by atoms with van der Waals surface area (Å²) in [5.41, 5.74) is 0.680. The Hall–Kier alpha value is -2.35. The molecular weight excluding hydrogens is 358 g/mol. The van der Waals surface area contributed by atoms with Crippen molar-refractivity contribution in [3.63, 3.8) is 0 Å². The molecule has 26 heavy (non-hydrogen) atoms. The average Bonchev–Trinajstić information content (AvgIpc) is 3.19. The highest BCUT2D eigenvalue weighted by atomic mass is 35.5. The molecule has 0 saturated carbocycles. The molecule has 0 spiro atoms. The van der Waals surface area contributed by atoms with E-state index in [1.807, 2.05) is 0 Å². The number of nitrogens with zero attached hydrogens (tertiary/aromatic N) is 1.